The van der Waals surface area contributed by atoms with Gasteiger partial charge in [-0.2, -0.15) is 0 Å². The van der Waals surface area contributed by atoms with Gasteiger partial charge in [0.15, 0.2) is 0 Å². The van der Waals surface area contributed by atoms with Gasteiger partial charge in [0, 0.05) is 6.20 Å². The molecule has 0 aliphatic carbocycles. The number of nitrogens with zero attached hydrogens (tertiary/aromatic N) is 2. The average Bonchev–Trinajstić information content (AvgIpc) is 2.30. The summed E-state index contributed by atoms with van der Waals surface area (Å²) < 4.78 is 0. The summed E-state index contributed by atoms with van der Waals surface area (Å²) in [7, 11) is 0. The molecule has 1 aromatic heterocycles. The summed E-state index contributed by atoms with van der Waals surface area (Å²) in [6.07, 6.45) is 3.20. The molecule has 0 spiro atoms. The number of nitrogens with one attached hydrogen (secondary N) is 1. The van der Waals surface area contributed by atoms with E-state index in [1.807, 2.05) is 6.07 Å². The molecule has 0 fully saturated rings. The Morgan fingerprint density at radius 1 is 1.12 bits per heavy atom. The smallest absolute Gasteiger partial charge is 0.115 e. The molecule has 0 radical (unpaired) electrons. The van der Waals surface area contributed by atoms with Crippen LogP contribution >= 0.6 is 23.2 Å². The van der Waals surface area contributed by atoms with Gasteiger partial charge in [0.1, 0.15) is 6.33 Å². The summed E-state index contributed by atoms with van der Waals surface area (Å²) in [5.74, 6) is 0. The van der Waals surface area contributed by atoms with Crippen molar-refractivity contribution < 1.29 is 0 Å². The van der Waals surface area contributed by atoms with E-state index in [4.69, 9.17) is 23.2 Å². The van der Waals surface area contributed by atoms with Gasteiger partial charge in [0.05, 0.1) is 28.0 Å². The highest BCUT2D eigenvalue weighted by atomic mass is 35.5. The van der Waals surface area contributed by atoms with E-state index < -0.39 is 0 Å². The second kappa shape index (κ2) is 5.14. The fourth-order valence-electron chi connectivity index (χ4n) is 1.27. The molecule has 0 unspecified atom stereocenters. The third-order valence-corrected chi connectivity index (χ3v) is 2.68. The molecule has 1 N–H and O–H groups in total. The minimum absolute atomic E-state index is 0.561. The molecule has 0 atom stereocenters. The van der Waals surface area contributed by atoms with Gasteiger partial charge in [-0.3, -0.25) is 0 Å². The van der Waals surface area contributed by atoms with E-state index in [0.717, 1.165) is 11.4 Å². The number of para-hydroxylation sites is 1. The normalized spacial score (nSPS) is 10.1. The minimum atomic E-state index is 0.561. The lowest BCUT2D eigenvalue weighted by Crippen LogP contribution is -2.02. The standard InChI is InChI=1S/C11H9Cl2N3/c12-9-2-1-3-10(13)11(9)15-6-8-4-5-14-7-16-8/h1-5,7,15H,6H2. The Labute approximate surface area is 103 Å². The molecule has 0 aliphatic heterocycles. The first-order valence-electron chi connectivity index (χ1n) is 4.70. The van der Waals surface area contributed by atoms with Crippen LogP contribution in [0.4, 0.5) is 5.69 Å². The molecule has 82 valence electrons. The molecule has 0 aliphatic rings. The predicted octanol–water partition coefficient (Wildman–Crippen LogP) is 3.40. The van der Waals surface area contributed by atoms with Gasteiger partial charge < -0.3 is 5.32 Å². The van der Waals surface area contributed by atoms with E-state index in [-0.39, 0.29) is 0 Å². The Morgan fingerprint density at radius 3 is 2.50 bits per heavy atom. The Hall–Kier alpha value is -1.32. The zero-order valence-electron chi connectivity index (χ0n) is 8.32. The average molecular weight is 254 g/mol. The summed E-state index contributed by atoms with van der Waals surface area (Å²) >= 11 is 12.0. The lowest BCUT2D eigenvalue weighted by atomic mass is 10.3. The first kappa shape index (κ1) is 11.2. The number of hydrogen-bond donors (Lipinski definition) is 1. The van der Waals surface area contributed by atoms with E-state index in [2.05, 4.69) is 15.3 Å². The molecule has 0 saturated heterocycles. The lowest BCUT2D eigenvalue weighted by molar-refractivity contribution is 1.01. The molecule has 0 saturated carbocycles. The molecule has 0 amide bonds. The van der Waals surface area contributed by atoms with E-state index >= 15 is 0 Å². The lowest BCUT2D eigenvalue weighted by Gasteiger charge is -2.09. The molecule has 2 rings (SSSR count). The van der Waals surface area contributed by atoms with Crippen molar-refractivity contribution in [2.45, 2.75) is 6.54 Å². The van der Waals surface area contributed by atoms with Crippen LogP contribution in [-0.4, -0.2) is 9.97 Å². The summed E-state index contributed by atoms with van der Waals surface area (Å²) in [4.78, 5) is 7.94. The fourth-order valence-corrected chi connectivity index (χ4v) is 1.80. The summed E-state index contributed by atoms with van der Waals surface area (Å²) in [6, 6.07) is 7.21. The van der Waals surface area contributed by atoms with Crippen molar-refractivity contribution >= 4 is 28.9 Å². The summed E-state index contributed by atoms with van der Waals surface area (Å²) in [5.41, 5.74) is 1.61. The number of aromatic nitrogens is 2. The van der Waals surface area contributed by atoms with Crippen molar-refractivity contribution in [1.82, 2.24) is 9.97 Å². The molecule has 2 aromatic rings. The first-order chi connectivity index (χ1) is 7.77. The Bertz CT molecular complexity index is 454. The number of halogens is 2. The van der Waals surface area contributed by atoms with Crippen LogP contribution < -0.4 is 5.32 Å². The van der Waals surface area contributed by atoms with E-state index in [9.17, 15) is 0 Å². The van der Waals surface area contributed by atoms with Gasteiger partial charge in [-0.15, -0.1) is 0 Å². The van der Waals surface area contributed by atoms with Crippen LogP contribution in [0.25, 0.3) is 0 Å². The van der Waals surface area contributed by atoms with Gasteiger partial charge in [-0.05, 0) is 18.2 Å². The number of rotatable bonds is 3. The number of benzene rings is 1. The summed E-state index contributed by atoms with van der Waals surface area (Å²) in [5, 5.41) is 4.34. The Morgan fingerprint density at radius 2 is 1.88 bits per heavy atom. The highest BCUT2D eigenvalue weighted by molar-refractivity contribution is 6.39. The van der Waals surface area contributed by atoms with Crippen molar-refractivity contribution in [3.8, 4) is 0 Å². The monoisotopic (exact) mass is 253 g/mol. The topological polar surface area (TPSA) is 37.8 Å². The van der Waals surface area contributed by atoms with Crippen molar-refractivity contribution in [2.75, 3.05) is 5.32 Å². The Kier molecular flexibility index (Phi) is 3.59. The largest absolute Gasteiger partial charge is 0.377 e. The molecular formula is C11H9Cl2N3. The van der Waals surface area contributed by atoms with Gasteiger partial charge in [0.2, 0.25) is 0 Å². The van der Waals surface area contributed by atoms with Crippen molar-refractivity contribution in [1.29, 1.82) is 0 Å². The number of anilines is 1. The molecule has 1 aromatic carbocycles. The van der Waals surface area contributed by atoms with E-state index in [1.165, 1.54) is 6.33 Å². The molecule has 3 nitrogen and oxygen atoms in total. The highest BCUT2D eigenvalue weighted by Gasteiger charge is 2.04. The van der Waals surface area contributed by atoms with Crippen LogP contribution in [0.3, 0.4) is 0 Å². The highest BCUT2D eigenvalue weighted by Crippen LogP contribution is 2.29. The number of hydrogen-bond acceptors (Lipinski definition) is 3. The zero-order chi connectivity index (χ0) is 11.4. The van der Waals surface area contributed by atoms with Gasteiger partial charge >= 0.3 is 0 Å². The van der Waals surface area contributed by atoms with Crippen LogP contribution in [0.2, 0.25) is 10.0 Å². The van der Waals surface area contributed by atoms with Crippen molar-refractivity contribution in [3.05, 3.63) is 52.5 Å². The molecule has 5 heteroatoms. The van der Waals surface area contributed by atoms with E-state index in [0.29, 0.717) is 16.6 Å². The fraction of sp³-hybridized carbons (Fsp3) is 0.0909. The van der Waals surface area contributed by atoms with Crippen LogP contribution in [-0.2, 0) is 6.54 Å². The van der Waals surface area contributed by atoms with Crippen molar-refractivity contribution in [2.24, 2.45) is 0 Å². The van der Waals surface area contributed by atoms with Crippen LogP contribution in [0.15, 0.2) is 36.8 Å². The maximum absolute atomic E-state index is 6.02. The van der Waals surface area contributed by atoms with Crippen LogP contribution in [0.5, 0.6) is 0 Å². The summed E-state index contributed by atoms with van der Waals surface area (Å²) in [6.45, 7) is 0.561. The molecule has 1 heterocycles. The third-order valence-electron chi connectivity index (χ3n) is 2.05. The van der Waals surface area contributed by atoms with Gasteiger partial charge in [-0.25, -0.2) is 9.97 Å². The quantitative estimate of drug-likeness (QED) is 0.912. The second-order valence-corrected chi connectivity index (χ2v) is 3.97. The predicted molar refractivity (Wildman–Crippen MR) is 65.8 cm³/mol. The van der Waals surface area contributed by atoms with Crippen LogP contribution in [0, 0.1) is 0 Å². The first-order valence-corrected chi connectivity index (χ1v) is 5.46. The maximum atomic E-state index is 6.02. The minimum Gasteiger partial charge on any atom is -0.377 e. The SMILES string of the molecule is Clc1cccc(Cl)c1NCc1ccncn1. The van der Waals surface area contributed by atoms with Crippen molar-refractivity contribution in [3.63, 3.8) is 0 Å². The van der Waals surface area contributed by atoms with Gasteiger partial charge in [-0.1, -0.05) is 29.3 Å². The van der Waals surface area contributed by atoms with E-state index in [1.54, 1.807) is 24.4 Å². The maximum Gasteiger partial charge on any atom is 0.115 e. The van der Waals surface area contributed by atoms with Gasteiger partial charge in [0.25, 0.3) is 0 Å². The Balaban J connectivity index is 2.11. The zero-order valence-corrected chi connectivity index (χ0v) is 9.83. The van der Waals surface area contributed by atoms with Crippen LogP contribution in [0.1, 0.15) is 5.69 Å². The third kappa shape index (κ3) is 2.62. The second-order valence-electron chi connectivity index (χ2n) is 3.15. The molecule has 16 heavy (non-hydrogen) atoms. The molecule has 0 bridgehead atoms. The molecular weight excluding hydrogens is 245 g/mol.